The van der Waals surface area contributed by atoms with Crippen molar-refractivity contribution in [1.82, 2.24) is 0 Å². The second kappa shape index (κ2) is 8.75. The molecule has 0 radical (unpaired) electrons. The molecule has 0 aliphatic carbocycles. The zero-order valence-electron chi connectivity index (χ0n) is 19.8. The summed E-state index contributed by atoms with van der Waals surface area (Å²) in [6, 6.07) is 15.2. The van der Waals surface area contributed by atoms with Crippen molar-refractivity contribution >= 4 is 17.3 Å². The quantitative estimate of drug-likeness (QED) is 0.485. The van der Waals surface area contributed by atoms with Crippen LogP contribution in [0.3, 0.4) is 0 Å². The van der Waals surface area contributed by atoms with Crippen LogP contribution < -0.4 is 0 Å². The number of hydrogen-bond acceptors (Lipinski definition) is 3. The van der Waals surface area contributed by atoms with Crippen LogP contribution in [0.25, 0.3) is 0 Å². The average molecular weight is 405 g/mol. The van der Waals surface area contributed by atoms with Crippen LogP contribution in [0.4, 0.5) is 5.69 Å². The Labute approximate surface area is 182 Å². The predicted molar refractivity (Wildman–Crippen MR) is 129 cm³/mol. The van der Waals surface area contributed by atoms with Crippen LogP contribution in [-0.2, 0) is 4.74 Å². The summed E-state index contributed by atoms with van der Waals surface area (Å²) in [6.45, 7) is 18.2. The molecular formula is C27H36N2O. The van der Waals surface area contributed by atoms with Crippen LogP contribution >= 0.6 is 0 Å². The summed E-state index contributed by atoms with van der Waals surface area (Å²) >= 11 is 0. The molecule has 0 spiro atoms. The van der Waals surface area contributed by atoms with Crippen LogP contribution in [0.5, 0.6) is 0 Å². The summed E-state index contributed by atoms with van der Waals surface area (Å²) in [4.78, 5) is 10.2. The largest absolute Gasteiger partial charge is 0.474 e. The van der Waals surface area contributed by atoms with Crippen molar-refractivity contribution in [3.05, 3.63) is 64.7 Å². The molecule has 0 fully saturated rings. The lowest BCUT2D eigenvalue weighted by Gasteiger charge is -2.21. The van der Waals surface area contributed by atoms with E-state index in [0.717, 1.165) is 17.0 Å². The lowest BCUT2D eigenvalue weighted by Crippen LogP contribution is -2.25. The van der Waals surface area contributed by atoms with Gasteiger partial charge in [-0.1, -0.05) is 96.5 Å². The highest BCUT2D eigenvalue weighted by Crippen LogP contribution is 2.36. The summed E-state index contributed by atoms with van der Waals surface area (Å²) in [6.07, 6.45) is 0. The lowest BCUT2D eigenvalue weighted by atomic mass is 9.88. The van der Waals surface area contributed by atoms with E-state index in [0.29, 0.717) is 24.3 Å². The van der Waals surface area contributed by atoms with Crippen LogP contribution in [0.15, 0.2) is 52.4 Å². The van der Waals surface area contributed by atoms with E-state index in [9.17, 15) is 0 Å². The van der Waals surface area contributed by atoms with E-state index in [1.165, 1.54) is 16.7 Å². The number of aryl methyl sites for hydroxylation is 1. The van der Waals surface area contributed by atoms with Crippen LogP contribution in [0, 0.1) is 12.3 Å². The molecule has 0 amide bonds. The molecule has 0 aromatic heterocycles. The van der Waals surface area contributed by atoms with Crippen molar-refractivity contribution in [2.45, 2.75) is 73.3 Å². The topological polar surface area (TPSA) is 34.0 Å². The molecule has 0 bridgehead atoms. The Kier molecular flexibility index (Phi) is 6.50. The van der Waals surface area contributed by atoms with Gasteiger partial charge in [-0.3, -0.25) is 0 Å². The molecule has 3 rings (SSSR count). The van der Waals surface area contributed by atoms with Gasteiger partial charge in [0.2, 0.25) is 5.90 Å². The molecule has 160 valence electrons. The van der Waals surface area contributed by atoms with Crippen molar-refractivity contribution in [2.75, 3.05) is 6.61 Å². The highest BCUT2D eigenvalue weighted by molar-refractivity contribution is 6.46. The Balaban J connectivity index is 2.22. The molecular weight excluding hydrogens is 368 g/mol. The molecule has 3 heteroatoms. The average Bonchev–Trinajstić information content (AvgIpc) is 3.17. The predicted octanol–water partition coefficient (Wildman–Crippen LogP) is 7.21. The van der Waals surface area contributed by atoms with Crippen molar-refractivity contribution in [3.8, 4) is 0 Å². The molecule has 0 saturated carbocycles. The maximum atomic E-state index is 6.13. The van der Waals surface area contributed by atoms with Gasteiger partial charge in [0, 0.05) is 5.56 Å². The number of aliphatic imine (C=N–C) groups is 2. The zero-order chi connectivity index (χ0) is 22.1. The van der Waals surface area contributed by atoms with Gasteiger partial charge in [-0.25, -0.2) is 9.98 Å². The van der Waals surface area contributed by atoms with Gasteiger partial charge < -0.3 is 4.74 Å². The summed E-state index contributed by atoms with van der Waals surface area (Å²) in [5.74, 6) is 1.43. The number of hydrogen-bond donors (Lipinski definition) is 0. The van der Waals surface area contributed by atoms with E-state index in [-0.39, 0.29) is 11.5 Å². The molecule has 30 heavy (non-hydrogen) atoms. The molecule has 0 unspecified atom stereocenters. The molecule has 1 atom stereocenters. The number of rotatable bonds is 5. The molecule has 2 aromatic carbocycles. The van der Waals surface area contributed by atoms with Crippen molar-refractivity contribution in [1.29, 1.82) is 0 Å². The Morgan fingerprint density at radius 1 is 0.967 bits per heavy atom. The second-order valence-corrected chi connectivity index (χ2v) is 10.0. The van der Waals surface area contributed by atoms with Gasteiger partial charge >= 0.3 is 0 Å². The van der Waals surface area contributed by atoms with Crippen LogP contribution in [0.1, 0.15) is 82.6 Å². The monoisotopic (exact) mass is 404 g/mol. The van der Waals surface area contributed by atoms with Crippen molar-refractivity contribution in [2.24, 2.45) is 15.4 Å². The molecule has 2 aromatic rings. The summed E-state index contributed by atoms with van der Waals surface area (Å²) in [5.41, 5.74) is 6.74. The van der Waals surface area contributed by atoms with Gasteiger partial charge in [-0.05, 0) is 35.3 Å². The zero-order valence-corrected chi connectivity index (χ0v) is 19.8. The molecule has 3 nitrogen and oxygen atoms in total. The lowest BCUT2D eigenvalue weighted by molar-refractivity contribution is 0.237. The maximum Gasteiger partial charge on any atom is 0.236 e. The normalized spacial score (nSPS) is 17.5. The number of para-hydroxylation sites is 1. The second-order valence-electron chi connectivity index (χ2n) is 10.0. The van der Waals surface area contributed by atoms with Crippen LogP contribution in [-0.4, -0.2) is 24.3 Å². The fourth-order valence-corrected chi connectivity index (χ4v) is 3.65. The van der Waals surface area contributed by atoms with Crippen molar-refractivity contribution < 1.29 is 4.74 Å². The van der Waals surface area contributed by atoms with Gasteiger partial charge in [0.15, 0.2) is 0 Å². The van der Waals surface area contributed by atoms with E-state index in [1.54, 1.807) is 0 Å². The van der Waals surface area contributed by atoms with Gasteiger partial charge in [0.25, 0.3) is 0 Å². The first kappa shape index (κ1) is 22.3. The first-order valence-corrected chi connectivity index (χ1v) is 11.1. The minimum Gasteiger partial charge on any atom is -0.474 e. The van der Waals surface area contributed by atoms with Gasteiger partial charge in [-0.2, -0.15) is 0 Å². The summed E-state index contributed by atoms with van der Waals surface area (Å²) < 4.78 is 6.13. The number of ether oxygens (including phenoxy) is 1. The Hall–Kier alpha value is -2.42. The standard InChI is InChI=1S/C27H36N2O/c1-17(2)21-10-9-11-22(18(3)4)25(21)29-24(20-14-12-19(5)13-15-20)26-28-23(16-30-26)27(6,7)8/h9-15,17-18,23H,16H2,1-8H3/t23-/m1/s1. The first-order chi connectivity index (χ1) is 14.1. The van der Waals surface area contributed by atoms with Crippen LogP contribution in [0.2, 0.25) is 0 Å². The Bertz CT molecular complexity index is 918. The third-order valence-electron chi connectivity index (χ3n) is 5.74. The Morgan fingerprint density at radius 2 is 1.53 bits per heavy atom. The van der Waals surface area contributed by atoms with Gasteiger partial charge in [-0.15, -0.1) is 0 Å². The van der Waals surface area contributed by atoms with E-state index in [2.05, 4.69) is 97.9 Å². The molecule has 1 aliphatic rings. The molecule has 0 N–H and O–H groups in total. The first-order valence-electron chi connectivity index (χ1n) is 11.1. The Morgan fingerprint density at radius 3 is 2.00 bits per heavy atom. The van der Waals surface area contributed by atoms with Crippen molar-refractivity contribution in [3.63, 3.8) is 0 Å². The van der Waals surface area contributed by atoms with E-state index in [1.807, 2.05) is 0 Å². The highest BCUT2D eigenvalue weighted by Gasteiger charge is 2.32. The van der Waals surface area contributed by atoms with Gasteiger partial charge in [0.1, 0.15) is 12.3 Å². The fourth-order valence-electron chi connectivity index (χ4n) is 3.65. The number of benzene rings is 2. The molecule has 0 saturated heterocycles. The summed E-state index contributed by atoms with van der Waals surface area (Å²) in [7, 11) is 0. The highest BCUT2D eigenvalue weighted by atomic mass is 16.5. The van der Waals surface area contributed by atoms with E-state index >= 15 is 0 Å². The maximum absolute atomic E-state index is 6.13. The molecule has 1 aliphatic heterocycles. The number of nitrogens with zero attached hydrogens (tertiary/aromatic N) is 2. The van der Waals surface area contributed by atoms with Gasteiger partial charge in [0.05, 0.1) is 11.7 Å². The smallest absolute Gasteiger partial charge is 0.236 e. The fraction of sp³-hybridized carbons (Fsp3) is 0.481. The van der Waals surface area contributed by atoms with E-state index < -0.39 is 0 Å². The minimum absolute atomic E-state index is 0.0546. The SMILES string of the molecule is Cc1ccc(C(=Nc2c(C(C)C)cccc2C(C)C)C2=N[C@@H](C(C)(C)C)CO2)cc1. The summed E-state index contributed by atoms with van der Waals surface area (Å²) in [5, 5.41) is 0. The third-order valence-corrected chi connectivity index (χ3v) is 5.74. The minimum atomic E-state index is 0.0546. The molecule has 1 heterocycles. The third kappa shape index (κ3) is 4.83. The van der Waals surface area contributed by atoms with E-state index in [4.69, 9.17) is 14.7 Å².